The fraction of sp³-hybridized carbons (Fsp3) is 0.280. The van der Waals surface area contributed by atoms with Crippen LogP contribution in [-0.2, 0) is 20.9 Å². The third-order valence-corrected chi connectivity index (χ3v) is 7.09. The molecule has 0 spiro atoms. The molecule has 4 amide bonds. The monoisotopic (exact) mass is 495 g/mol. The lowest BCUT2D eigenvalue weighted by molar-refractivity contribution is -0.130. The second kappa shape index (κ2) is 9.38. The molecular formula is C25H25N3O6S. The number of aryl methyl sites for hydroxylation is 2. The maximum Gasteiger partial charge on any atom is 0.341 e. The van der Waals surface area contributed by atoms with Crippen molar-refractivity contribution in [2.75, 3.05) is 6.61 Å². The third-order valence-electron chi connectivity index (χ3n) is 5.90. The lowest BCUT2D eigenvalue weighted by atomic mass is 10.1. The topological polar surface area (TPSA) is 111 Å². The number of carbonyl (C=O) groups is 4. The Labute approximate surface area is 206 Å². The minimum atomic E-state index is -0.803. The quantitative estimate of drug-likeness (QED) is 0.312. The van der Waals surface area contributed by atoms with Crippen molar-refractivity contribution in [3.05, 3.63) is 68.8 Å². The number of urea groups is 1. The summed E-state index contributed by atoms with van der Waals surface area (Å²) in [4.78, 5) is 52.6. The molecule has 3 aromatic heterocycles. The SMILES string of the molecule is CCOC(=O)c1c(-n2c(C)cc(/C=C3\C(=O)NC(=O)N(Cc4ccco4)C3=O)c2C)sc(C)c1C. The van der Waals surface area contributed by atoms with Crippen molar-refractivity contribution >= 4 is 41.2 Å². The Morgan fingerprint density at radius 1 is 1.20 bits per heavy atom. The summed E-state index contributed by atoms with van der Waals surface area (Å²) in [5.74, 6) is -1.47. The first-order chi connectivity index (χ1) is 16.6. The van der Waals surface area contributed by atoms with Gasteiger partial charge in [-0.15, -0.1) is 11.3 Å². The predicted octanol–water partition coefficient (Wildman–Crippen LogP) is 4.20. The molecule has 3 aromatic rings. The number of nitrogens with one attached hydrogen (secondary N) is 1. The highest BCUT2D eigenvalue weighted by Gasteiger charge is 2.36. The molecule has 0 saturated carbocycles. The Morgan fingerprint density at radius 3 is 2.60 bits per heavy atom. The fourth-order valence-electron chi connectivity index (χ4n) is 4.01. The molecule has 0 aromatic carbocycles. The van der Waals surface area contributed by atoms with Gasteiger partial charge in [0.05, 0.1) is 25.0 Å². The molecule has 1 N–H and O–H groups in total. The van der Waals surface area contributed by atoms with Gasteiger partial charge in [0, 0.05) is 16.3 Å². The van der Waals surface area contributed by atoms with Gasteiger partial charge in [-0.3, -0.25) is 19.8 Å². The molecule has 4 heterocycles. The van der Waals surface area contributed by atoms with Gasteiger partial charge in [-0.05, 0) is 70.0 Å². The van der Waals surface area contributed by atoms with Gasteiger partial charge >= 0.3 is 12.0 Å². The van der Waals surface area contributed by atoms with E-state index in [1.54, 1.807) is 19.1 Å². The second-order valence-electron chi connectivity index (χ2n) is 8.13. The Kier molecular flexibility index (Phi) is 6.49. The van der Waals surface area contributed by atoms with E-state index in [0.717, 1.165) is 26.7 Å². The van der Waals surface area contributed by atoms with Crippen LogP contribution in [0.5, 0.6) is 0 Å². The molecule has 1 saturated heterocycles. The number of hydrogen-bond acceptors (Lipinski definition) is 7. The van der Waals surface area contributed by atoms with E-state index in [1.807, 2.05) is 38.3 Å². The summed E-state index contributed by atoms with van der Waals surface area (Å²) in [5, 5.41) is 2.93. The average molecular weight is 496 g/mol. The van der Waals surface area contributed by atoms with Crippen LogP contribution < -0.4 is 5.32 Å². The highest BCUT2D eigenvalue weighted by molar-refractivity contribution is 7.15. The second-order valence-corrected chi connectivity index (χ2v) is 9.34. The summed E-state index contributed by atoms with van der Waals surface area (Å²) in [6.07, 6.45) is 2.91. The number of imide groups is 2. The number of carbonyl (C=O) groups excluding carboxylic acids is 4. The lowest BCUT2D eigenvalue weighted by Crippen LogP contribution is -2.53. The van der Waals surface area contributed by atoms with Crippen molar-refractivity contribution in [2.45, 2.75) is 41.2 Å². The molecule has 1 aliphatic heterocycles. The minimum Gasteiger partial charge on any atom is -0.467 e. The zero-order valence-corrected chi connectivity index (χ0v) is 20.9. The maximum absolute atomic E-state index is 13.1. The van der Waals surface area contributed by atoms with Crippen LogP contribution in [0.4, 0.5) is 4.79 Å². The first kappa shape index (κ1) is 24.2. The molecule has 0 bridgehead atoms. The Morgan fingerprint density at radius 2 is 1.94 bits per heavy atom. The number of ether oxygens (including phenoxy) is 1. The summed E-state index contributed by atoms with van der Waals surface area (Å²) in [6, 6.07) is 4.31. The molecule has 4 rings (SSSR count). The summed E-state index contributed by atoms with van der Waals surface area (Å²) in [6.45, 7) is 9.47. The normalized spacial score (nSPS) is 15.2. The molecule has 182 valence electrons. The molecule has 0 radical (unpaired) electrons. The number of aromatic nitrogens is 1. The van der Waals surface area contributed by atoms with Crippen LogP contribution in [-0.4, -0.2) is 39.9 Å². The van der Waals surface area contributed by atoms with Gasteiger partial charge in [-0.2, -0.15) is 0 Å². The van der Waals surface area contributed by atoms with E-state index in [1.165, 1.54) is 23.7 Å². The molecule has 1 fully saturated rings. The van der Waals surface area contributed by atoms with Gasteiger partial charge < -0.3 is 13.7 Å². The van der Waals surface area contributed by atoms with Crippen molar-refractivity contribution in [1.29, 1.82) is 0 Å². The van der Waals surface area contributed by atoms with E-state index < -0.39 is 23.8 Å². The van der Waals surface area contributed by atoms with Crippen LogP contribution >= 0.6 is 11.3 Å². The van der Waals surface area contributed by atoms with Crippen LogP contribution in [0, 0.1) is 27.7 Å². The largest absolute Gasteiger partial charge is 0.467 e. The highest BCUT2D eigenvalue weighted by atomic mass is 32.1. The number of esters is 1. The lowest BCUT2D eigenvalue weighted by Gasteiger charge is -2.25. The zero-order chi connectivity index (χ0) is 25.4. The Balaban J connectivity index is 1.76. The molecule has 0 unspecified atom stereocenters. The number of hydrogen-bond donors (Lipinski definition) is 1. The summed E-state index contributed by atoms with van der Waals surface area (Å²) in [7, 11) is 0. The van der Waals surface area contributed by atoms with Crippen molar-refractivity contribution < 1.29 is 28.3 Å². The zero-order valence-electron chi connectivity index (χ0n) is 20.1. The van der Waals surface area contributed by atoms with Crippen LogP contribution in [0.15, 0.2) is 34.5 Å². The van der Waals surface area contributed by atoms with Crippen molar-refractivity contribution in [3.63, 3.8) is 0 Å². The molecular weight excluding hydrogens is 470 g/mol. The van der Waals surface area contributed by atoms with E-state index in [0.29, 0.717) is 21.9 Å². The number of furan rings is 1. The molecule has 1 aliphatic rings. The van der Waals surface area contributed by atoms with Crippen LogP contribution in [0.1, 0.15) is 50.4 Å². The van der Waals surface area contributed by atoms with Crippen LogP contribution in [0.2, 0.25) is 0 Å². The Hall–Kier alpha value is -3.92. The molecule has 0 atom stereocenters. The molecule has 35 heavy (non-hydrogen) atoms. The van der Waals surface area contributed by atoms with Gasteiger partial charge in [0.2, 0.25) is 0 Å². The number of barbiturate groups is 1. The summed E-state index contributed by atoms with van der Waals surface area (Å²) < 4.78 is 12.4. The standard InChI is InChI=1S/C25H25N3O6S/c1-6-33-24(31)20-14(3)16(5)35-23(20)28-13(2)10-17(15(28)4)11-19-21(29)26-25(32)27(22(19)30)12-18-8-7-9-34-18/h7-11H,6,12H2,1-5H3,(H,26,29,32)/b19-11+. The maximum atomic E-state index is 13.1. The fourth-order valence-corrected chi connectivity index (χ4v) is 5.26. The highest BCUT2D eigenvalue weighted by Crippen LogP contribution is 2.35. The third kappa shape index (κ3) is 4.32. The van der Waals surface area contributed by atoms with Crippen molar-refractivity contribution in [1.82, 2.24) is 14.8 Å². The average Bonchev–Trinajstić information content (AvgIpc) is 3.48. The Bertz CT molecular complexity index is 1380. The number of rotatable bonds is 6. The van der Waals surface area contributed by atoms with E-state index >= 15 is 0 Å². The van der Waals surface area contributed by atoms with Crippen molar-refractivity contribution in [2.24, 2.45) is 0 Å². The van der Waals surface area contributed by atoms with Gasteiger partial charge in [0.1, 0.15) is 16.3 Å². The van der Waals surface area contributed by atoms with Gasteiger partial charge in [0.15, 0.2) is 0 Å². The molecule has 10 heteroatoms. The van der Waals surface area contributed by atoms with E-state index in [9.17, 15) is 19.2 Å². The first-order valence-electron chi connectivity index (χ1n) is 11.0. The van der Waals surface area contributed by atoms with Crippen molar-refractivity contribution in [3.8, 4) is 5.00 Å². The number of nitrogens with zero attached hydrogens (tertiary/aromatic N) is 2. The number of amides is 4. The van der Waals surface area contributed by atoms with Crippen LogP contribution in [0.3, 0.4) is 0 Å². The number of thiophene rings is 1. The smallest absolute Gasteiger partial charge is 0.341 e. The van der Waals surface area contributed by atoms with Gasteiger partial charge in [-0.25, -0.2) is 9.59 Å². The predicted molar refractivity (Wildman–Crippen MR) is 129 cm³/mol. The molecule has 0 aliphatic carbocycles. The van der Waals surface area contributed by atoms with E-state index in [-0.39, 0.29) is 18.7 Å². The van der Waals surface area contributed by atoms with Crippen LogP contribution in [0.25, 0.3) is 11.1 Å². The van der Waals surface area contributed by atoms with E-state index in [4.69, 9.17) is 9.15 Å². The van der Waals surface area contributed by atoms with E-state index in [2.05, 4.69) is 5.32 Å². The molecule has 9 nitrogen and oxygen atoms in total. The van der Waals surface area contributed by atoms with Gasteiger partial charge in [0.25, 0.3) is 11.8 Å². The minimum absolute atomic E-state index is 0.0992. The first-order valence-corrected chi connectivity index (χ1v) is 11.8. The summed E-state index contributed by atoms with van der Waals surface area (Å²) >= 11 is 1.47. The summed E-state index contributed by atoms with van der Waals surface area (Å²) in [5.41, 5.74) is 3.35. The van der Waals surface area contributed by atoms with Gasteiger partial charge in [-0.1, -0.05) is 0 Å².